The molecular formula is C17H24BrClN2O3. The molecule has 0 radical (unpaired) electrons. The SMILES string of the molecule is COC[C@H]1CN[C@H](c2cc(Cl)cc(Br)c2)CN1C(=O)OC(C)(C)C. The first kappa shape index (κ1) is 19.5. The van der Waals surface area contributed by atoms with Crippen LogP contribution in [0.5, 0.6) is 0 Å². The van der Waals surface area contributed by atoms with Crippen LogP contribution in [0.15, 0.2) is 22.7 Å². The number of carbonyl (C=O) groups excluding carboxylic acids is 1. The van der Waals surface area contributed by atoms with Gasteiger partial charge < -0.3 is 14.8 Å². The molecule has 24 heavy (non-hydrogen) atoms. The smallest absolute Gasteiger partial charge is 0.410 e. The highest BCUT2D eigenvalue weighted by atomic mass is 79.9. The highest BCUT2D eigenvalue weighted by Gasteiger charge is 2.34. The second kappa shape index (κ2) is 8.04. The van der Waals surface area contributed by atoms with Gasteiger partial charge in [0.05, 0.1) is 18.7 Å². The Morgan fingerprint density at radius 2 is 2.12 bits per heavy atom. The number of carbonyl (C=O) groups is 1. The molecular weight excluding hydrogens is 396 g/mol. The minimum Gasteiger partial charge on any atom is -0.444 e. The third-order valence-electron chi connectivity index (χ3n) is 3.69. The minimum atomic E-state index is -0.534. The van der Waals surface area contributed by atoms with Crippen molar-refractivity contribution in [2.75, 3.05) is 26.8 Å². The lowest BCUT2D eigenvalue weighted by Gasteiger charge is -2.40. The molecule has 134 valence electrons. The Morgan fingerprint density at radius 3 is 2.71 bits per heavy atom. The van der Waals surface area contributed by atoms with Crippen LogP contribution in [0.3, 0.4) is 0 Å². The van der Waals surface area contributed by atoms with Crippen LogP contribution in [-0.2, 0) is 9.47 Å². The average Bonchev–Trinajstić information content (AvgIpc) is 2.45. The normalized spacial score (nSPS) is 21.7. The van der Waals surface area contributed by atoms with Crippen molar-refractivity contribution in [2.45, 2.75) is 38.5 Å². The summed E-state index contributed by atoms with van der Waals surface area (Å²) >= 11 is 9.61. The van der Waals surface area contributed by atoms with Gasteiger partial charge in [-0.2, -0.15) is 0 Å². The van der Waals surface area contributed by atoms with E-state index >= 15 is 0 Å². The lowest BCUT2D eigenvalue weighted by atomic mass is 10.0. The Labute approximate surface area is 156 Å². The largest absolute Gasteiger partial charge is 0.444 e. The Hall–Kier alpha value is -0.820. The van der Waals surface area contributed by atoms with Gasteiger partial charge in [-0.3, -0.25) is 4.90 Å². The van der Waals surface area contributed by atoms with E-state index in [4.69, 9.17) is 21.1 Å². The summed E-state index contributed by atoms with van der Waals surface area (Å²) in [6.45, 7) is 7.17. The van der Waals surface area contributed by atoms with Crippen LogP contribution >= 0.6 is 27.5 Å². The summed E-state index contributed by atoms with van der Waals surface area (Å²) in [5.74, 6) is 0. The van der Waals surface area contributed by atoms with Crippen molar-refractivity contribution in [3.8, 4) is 0 Å². The van der Waals surface area contributed by atoms with Crippen LogP contribution in [0, 0.1) is 0 Å². The second-order valence-corrected chi connectivity index (χ2v) is 8.26. The van der Waals surface area contributed by atoms with Crippen LogP contribution in [0.25, 0.3) is 0 Å². The zero-order chi connectivity index (χ0) is 17.9. The highest BCUT2D eigenvalue weighted by Crippen LogP contribution is 2.27. The summed E-state index contributed by atoms with van der Waals surface area (Å²) < 4.78 is 11.7. The molecule has 1 amide bonds. The van der Waals surface area contributed by atoms with Gasteiger partial charge in [0, 0.05) is 29.7 Å². The molecule has 0 aromatic heterocycles. The van der Waals surface area contributed by atoms with E-state index in [1.54, 1.807) is 12.0 Å². The molecule has 1 aromatic rings. The molecule has 7 heteroatoms. The Balaban J connectivity index is 2.19. The van der Waals surface area contributed by atoms with Gasteiger partial charge in [0.15, 0.2) is 0 Å². The van der Waals surface area contributed by atoms with Crippen LogP contribution in [0.4, 0.5) is 4.79 Å². The summed E-state index contributed by atoms with van der Waals surface area (Å²) in [5.41, 5.74) is 0.493. The predicted molar refractivity (Wildman–Crippen MR) is 98.5 cm³/mol. The van der Waals surface area contributed by atoms with Crippen LogP contribution < -0.4 is 5.32 Å². The van der Waals surface area contributed by atoms with Gasteiger partial charge in [-0.05, 0) is 44.5 Å². The lowest BCUT2D eigenvalue weighted by Crippen LogP contribution is -2.57. The van der Waals surface area contributed by atoms with Crippen molar-refractivity contribution >= 4 is 33.6 Å². The molecule has 1 N–H and O–H groups in total. The molecule has 2 rings (SSSR count). The number of amides is 1. The van der Waals surface area contributed by atoms with E-state index in [1.807, 2.05) is 39.0 Å². The number of hydrogen-bond donors (Lipinski definition) is 1. The standard InChI is InChI=1S/C17H24BrClN2O3/c1-17(2,3)24-16(22)21-9-15(20-8-14(21)10-23-4)11-5-12(18)7-13(19)6-11/h5-7,14-15,20H,8-10H2,1-4H3/t14-,15+/m1/s1. The summed E-state index contributed by atoms with van der Waals surface area (Å²) in [6, 6.07) is 5.68. The van der Waals surface area contributed by atoms with Gasteiger partial charge in [0.2, 0.25) is 0 Å². The van der Waals surface area contributed by atoms with Crippen molar-refractivity contribution in [1.29, 1.82) is 0 Å². The van der Waals surface area contributed by atoms with Gasteiger partial charge in [-0.15, -0.1) is 0 Å². The second-order valence-electron chi connectivity index (χ2n) is 6.91. The maximum atomic E-state index is 12.6. The number of methoxy groups -OCH3 is 1. The highest BCUT2D eigenvalue weighted by molar-refractivity contribution is 9.10. The topological polar surface area (TPSA) is 50.8 Å². The molecule has 1 heterocycles. The summed E-state index contributed by atoms with van der Waals surface area (Å²) in [6.07, 6.45) is -0.322. The molecule has 1 aromatic carbocycles. The van der Waals surface area contributed by atoms with E-state index in [1.165, 1.54) is 0 Å². The van der Waals surface area contributed by atoms with E-state index in [0.717, 1.165) is 10.0 Å². The fourth-order valence-electron chi connectivity index (χ4n) is 2.68. The van der Waals surface area contributed by atoms with Gasteiger partial charge in [0.1, 0.15) is 5.60 Å². The number of nitrogens with one attached hydrogen (secondary N) is 1. The lowest BCUT2D eigenvalue weighted by molar-refractivity contribution is -0.00480. The first-order valence-corrected chi connectivity index (χ1v) is 9.04. The molecule has 0 spiro atoms. The fourth-order valence-corrected chi connectivity index (χ4v) is 3.57. The number of piperazine rings is 1. The van der Waals surface area contributed by atoms with Gasteiger partial charge in [0.25, 0.3) is 0 Å². The predicted octanol–water partition coefficient (Wildman–Crippen LogP) is 4.00. The molecule has 0 saturated carbocycles. The quantitative estimate of drug-likeness (QED) is 0.804. The van der Waals surface area contributed by atoms with Crippen LogP contribution in [0.1, 0.15) is 32.4 Å². The van der Waals surface area contributed by atoms with E-state index in [2.05, 4.69) is 21.2 Å². The van der Waals surface area contributed by atoms with E-state index in [-0.39, 0.29) is 18.2 Å². The third-order valence-corrected chi connectivity index (χ3v) is 4.37. The zero-order valence-electron chi connectivity index (χ0n) is 14.4. The first-order valence-electron chi connectivity index (χ1n) is 7.87. The number of halogens is 2. The number of rotatable bonds is 3. The number of ether oxygens (including phenoxy) is 2. The van der Waals surface area contributed by atoms with Gasteiger partial charge in [-0.1, -0.05) is 27.5 Å². The maximum Gasteiger partial charge on any atom is 0.410 e. The van der Waals surface area contributed by atoms with E-state index in [9.17, 15) is 4.79 Å². The molecule has 0 aliphatic carbocycles. The summed E-state index contributed by atoms with van der Waals surface area (Å²) in [5, 5.41) is 4.12. The summed E-state index contributed by atoms with van der Waals surface area (Å²) in [7, 11) is 1.63. The van der Waals surface area contributed by atoms with Crippen molar-refractivity contribution in [2.24, 2.45) is 0 Å². The molecule has 2 atom stereocenters. The molecule has 1 aliphatic heterocycles. The molecule has 1 aliphatic rings. The van der Waals surface area contributed by atoms with Crippen molar-refractivity contribution in [1.82, 2.24) is 10.2 Å². The Kier molecular flexibility index (Phi) is 6.53. The maximum absolute atomic E-state index is 12.6. The third kappa shape index (κ3) is 5.34. The minimum absolute atomic E-state index is 0.0133. The number of benzene rings is 1. The van der Waals surface area contributed by atoms with Gasteiger partial charge >= 0.3 is 6.09 Å². The monoisotopic (exact) mass is 418 g/mol. The van der Waals surface area contributed by atoms with Crippen molar-refractivity contribution in [3.63, 3.8) is 0 Å². The van der Waals surface area contributed by atoms with Crippen LogP contribution in [-0.4, -0.2) is 49.4 Å². The summed E-state index contributed by atoms with van der Waals surface area (Å²) in [4.78, 5) is 14.3. The first-order chi connectivity index (χ1) is 11.2. The number of nitrogens with zero attached hydrogens (tertiary/aromatic N) is 1. The fraction of sp³-hybridized carbons (Fsp3) is 0.588. The average molecular weight is 420 g/mol. The van der Waals surface area contributed by atoms with Crippen LogP contribution in [0.2, 0.25) is 5.02 Å². The van der Waals surface area contributed by atoms with E-state index < -0.39 is 5.60 Å². The Bertz CT molecular complexity index is 571. The van der Waals surface area contributed by atoms with Crippen molar-refractivity contribution < 1.29 is 14.3 Å². The van der Waals surface area contributed by atoms with Gasteiger partial charge in [-0.25, -0.2) is 4.79 Å². The molecule has 0 bridgehead atoms. The molecule has 1 saturated heterocycles. The number of hydrogen-bond acceptors (Lipinski definition) is 4. The molecule has 1 fully saturated rings. The van der Waals surface area contributed by atoms with Crippen molar-refractivity contribution in [3.05, 3.63) is 33.3 Å². The van der Waals surface area contributed by atoms with E-state index in [0.29, 0.717) is 24.7 Å². The zero-order valence-corrected chi connectivity index (χ0v) is 16.8. The molecule has 5 nitrogen and oxygen atoms in total. The Morgan fingerprint density at radius 1 is 1.42 bits per heavy atom. The molecule has 0 unspecified atom stereocenters.